The minimum atomic E-state index is -0.716. The van der Waals surface area contributed by atoms with Gasteiger partial charge in [-0.15, -0.1) is 0 Å². The number of aromatic nitrogens is 1. The van der Waals surface area contributed by atoms with E-state index in [0.717, 1.165) is 31.6 Å². The molecule has 0 saturated heterocycles. The Morgan fingerprint density at radius 1 is 1.45 bits per heavy atom. The van der Waals surface area contributed by atoms with Crippen molar-refractivity contribution < 1.29 is 9.18 Å². The topological polar surface area (TPSA) is 59.2 Å². The van der Waals surface area contributed by atoms with E-state index in [2.05, 4.69) is 11.9 Å². The van der Waals surface area contributed by atoms with Gasteiger partial charge in [0.1, 0.15) is 0 Å². The van der Waals surface area contributed by atoms with E-state index in [1.165, 1.54) is 18.7 Å². The first kappa shape index (κ1) is 14.8. The smallest absolute Gasteiger partial charge is 0.257 e. The normalized spacial score (nSPS) is 22.6. The summed E-state index contributed by atoms with van der Waals surface area (Å²) in [5.41, 5.74) is 5.43. The SMILES string of the molecule is CCC1CCC(N(C)C(=O)c2ccnc(N)c2F)CC1. The Morgan fingerprint density at radius 3 is 2.70 bits per heavy atom. The number of carbonyl (C=O) groups excluding carboxylic acids is 1. The second-order valence-corrected chi connectivity index (χ2v) is 5.56. The molecular formula is C15H22FN3O. The van der Waals surface area contributed by atoms with Gasteiger partial charge in [0.05, 0.1) is 5.56 Å². The van der Waals surface area contributed by atoms with Gasteiger partial charge in [-0.05, 0) is 37.7 Å². The summed E-state index contributed by atoms with van der Waals surface area (Å²) in [6.45, 7) is 2.20. The van der Waals surface area contributed by atoms with Gasteiger partial charge in [0.2, 0.25) is 0 Å². The first-order valence-electron chi connectivity index (χ1n) is 7.21. The number of anilines is 1. The van der Waals surface area contributed by atoms with Crippen molar-refractivity contribution in [2.24, 2.45) is 5.92 Å². The molecule has 0 aliphatic heterocycles. The third kappa shape index (κ3) is 2.92. The van der Waals surface area contributed by atoms with Crippen molar-refractivity contribution in [3.8, 4) is 0 Å². The van der Waals surface area contributed by atoms with Crippen LogP contribution in [0, 0.1) is 11.7 Å². The number of hydrogen-bond donors (Lipinski definition) is 1. The molecule has 5 heteroatoms. The third-order valence-electron chi connectivity index (χ3n) is 4.41. The molecule has 0 radical (unpaired) electrons. The minimum absolute atomic E-state index is 0.0117. The molecule has 1 aromatic heterocycles. The summed E-state index contributed by atoms with van der Waals surface area (Å²) in [7, 11) is 1.75. The molecule has 2 N–H and O–H groups in total. The Labute approximate surface area is 119 Å². The third-order valence-corrected chi connectivity index (χ3v) is 4.41. The van der Waals surface area contributed by atoms with E-state index in [0.29, 0.717) is 0 Å². The number of nitrogens with two attached hydrogens (primary N) is 1. The van der Waals surface area contributed by atoms with Gasteiger partial charge < -0.3 is 10.6 Å². The average molecular weight is 279 g/mol. The lowest BCUT2D eigenvalue weighted by Gasteiger charge is -2.34. The molecule has 0 aromatic carbocycles. The first-order valence-corrected chi connectivity index (χ1v) is 7.21. The lowest BCUT2D eigenvalue weighted by atomic mass is 9.84. The summed E-state index contributed by atoms with van der Waals surface area (Å²) in [5, 5.41) is 0. The quantitative estimate of drug-likeness (QED) is 0.925. The van der Waals surface area contributed by atoms with Crippen molar-refractivity contribution in [1.82, 2.24) is 9.88 Å². The molecule has 20 heavy (non-hydrogen) atoms. The zero-order chi connectivity index (χ0) is 14.7. The Morgan fingerprint density at radius 2 is 2.10 bits per heavy atom. The van der Waals surface area contributed by atoms with Crippen molar-refractivity contribution in [3.05, 3.63) is 23.6 Å². The van der Waals surface area contributed by atoms with Gasteiger partial charge in [0, 0.05) is 19.3 Å². The van der Waals surface area contributed by atoms with Crippen LogP contribution in [-0.2, 0) is 0 Å². The number of nitrogens with zero attached hydrogens (tertiary/aromatic N) is 2. The zero-order valence-corrected chi connectivity index (χ0v) is 12.1. The number of hydrogen-bond acceptors (Lipinski definition) is 3. The second-order valence-electron chi connectivity index (χ2n) is 5.56. The van der Waals surface area contributed by atoms with Crippen LogP contribution in [0.15, 0.2) is 12.3 Å². The predicted octanol–water partition coefficient (Wildman–Crippen LogP) is 2.84. The van der Waals surface area contributed by atoms with Crippen LogP contribution in [-0.4, -0.2) is 28.9 Å². The van der Waals surface area contributed by atoms with E-state index in [4.69, 9.17) is 5.73 Å². The molecule has 4 nitrogen and oxygen atoms in total. The maximum absolute atomic E-state index is 13.9. The van der Waals surface area contributed by atoms with Crippen LogP contribution >= 0.6 is 0 Å². The van der Waals surface area contributed by atoms with Crippen LogP contribution in [0.25, 0.3) is 0 Å². The van der Waals surface area contributed by atoms with Crippen molar-refractivity contribution >= 4 is 11.7 Å². The second kappa shape index (κ2) is 6.20. The number of rotatable bonds is 3. The highest BCUT2D eigenvalue weighted by Crippen LogP contribution is 2.29. The van der Waals surface area contributed by atoms with Crippen LogP contribution in [0.5, 0.6) is 0 Å². The van der Waals surface area contributed by atoms with Gasteiger partial charge in [-0.1, -0.05) is 13.3 Å². The summed E-state index contributed by atoms with van der Waals surface area (Å²) in [4.78, 5) is 17.7. The number of carbonyl (C=O) groups is 1. The number of pyridine rings is 1. The predicted molar refractivity (Wildman–Crippen MR) is 76.7 cm³/mol. The monoisotopic (exact) mass is 279 g/mol. The Balaban J connectivity index is 2.07. The first-order chi connectivity index (χ1) is 9.54. The molecule has 2 rings (SSSR count). The highest BCUT2D eigenvalue weighted by molar-refractivity contribution is 5.95. The average Bonchev–Trinajstić information content (AvgIpc) is 2.48. The summed E-state index contributed by atoms with van der Waals surface area (Å²) in [5.74, 6) is -0.481. The molecule has 0 spiro atoms. The highest BCUT2D eigenvalue weighted by Gasteiger charge is 2.28. The molecule has 0 unspecified atom stereocenters. The summed E-state index contributed by atoms with van der Waals surface area (Å²) in [6, 6.07) is 1.58. The standard InChI is InChI=1S/C15H22FN3O/c1-3-10-4-6-11(7-5-10)19(2)15(20)12-8-9-18-14(17)13(12)16/h8-11H,3-7H2,1-2H3,(H2,17,18). The molecule has 0 bridgehead atoms. The molecule has 1 aliphatic carbocycles. The molecule has 0 atom stereocenters. The maximum Gasteiger partial charge on any atom is 0.257 e. The van der Waals surface area contributed by atoms with Crippen molar-refractivity contribution in [2.75, 3.05) is 12.8 Å². The van der Waals surface area contributed by atoms with Crippen LogP contribution in [0.2, 0.25) is 0 Å². The fourth-order valence-electron chi connectivity index (χ4n) is 2.92. The molecule has 1 fully saturated rings. The molecule has 1 aliphatic rings. The molecule has 1 heterocycles. The molecule has 110 valence electrons. The largest absolute Gasteiger partial charge is 0.381 e. The van der Waals surface area contributed by atoms with Crippen LogP contribution in [0.4, 0.5) is 10.2 Å². The Bertz CT molecular complexity index is 484. The van der Waals surface area contributed by atoms with Crippen molar-refractivity contribution in [1.29, 1.82) is 0 Å². The van der Waals surface area contributed by atoms with Crippen LogP contribution in [0.1, 0.15) is 49.4 Å². The van der Waals surface area contributed by atoms with E-state index in [9.17, 15) is 9.18 Å². The molecule has 1 amide bonds. The van der Waals surface area contributed by atoms with Gasteiger partial charge in [0.15, 0.2) is 11.6 Å². The van der Waals surface area contributed by atoms with Gasteiger partial charge in [-0.2, -0.15) is 0 Å². The van der Waals surface area contributed by atoms with Gasteiger partial charge in [0.25, 0.3) is 5.91 Å². The minimum Gasteiger partial charge on any atom is -0.381 e. The van der Waals surface area contributed by atoms with Crippen molar-refractivity contribution in [2.45, 2.75) is 45.1 Å². The van der Waals surface area contributed by atoms with E-state index in [1.54, 1.807) is 11.9 Å². The number of nitrogen functional groups attached to an aromatic ring is 1. The molecule has 1 aromatic rings. The van der Waals surface area contributed by atoms with Gasteiger partial charge in [-0.25, -0.2) is 9.37 Å². The zero-order valence-electron chi connectivity index (χ0n) is 12.1. The number of halogens is 1. The van der Waals surface area contributed by atoms with Gasteiger partial charge >= 0.3 is 0 Å². The highest BCUT2D eigenvalue weighted by atomic mass is 19.1. The molecule has 1 saturated carbocycles. The van der Waals surface area contributed by atoms with Crippen LogP contribution < -0.4 is 5.73 Å². The van der Waals surface area contributed by atoms with E-state index < -0.39 is 5.82 Å². The fourth-order valence-corrected chi connectivity index (χ4v) is 2.92. The summed E-state index contributed by atoms with van der Waals surface area (Å²) >= 11 is 0. The van der Waals surface area contributed by atoms with E-state index >= 15 is 0 Å². The Hall–Kier alpha value is -1.65. The van der Waals surface area contributed by atoms with Crippen molar-refractivity contribution in [3.63, 3.8) is 0 Å². The fraction of sp³-hybridized carbons (Fsp3) is 0.600. The lowest BCUT2D eigenvalue weighted by molar-refractivity contribution is 0.0670. The Kier molecular flexibility index (Phi) is 4.57. The van der Waals surface area contributed by atoms with E-state index in [-0.39, 0.29) is 23.3 Å². The van der Waals surface area contributed by atoms with Crippen LogP contribution in [0.3, 0.4) is 0 Å². The summed E-state index contributed by atoms with van der Waals surface area (Å²) in [6.07, 6.45) is 6.82. The lowest BCUT2D eigenvalue weighted by Crippen LogP contribution is -2.39. The van der Waals surface area contributed by atoms with Gasteiger partial charge in [-0.3, -0.25) is 4.79 Å². The van der Waals surface area contributed by atoms with E-state index in [1.807, 2.05) is 0 Å². The maximum atomic E-state index is 13.9. The number of amides is 1. The summed E-state index contributed by atoms with van der Waals surface area (Å²) < 4.78 is 13.9. The molecular weight excluding hydrogens is 257 g/mol.